The molecule has 0 saturated carbocycles. The molecule has 1 amide bonds. The molecule has 0 unspecified atom stereocenters. The highest BCUT2D eigenvalue weighted by atomic mass is 79.9. The van der Waals surface area contributed by atoms with Gasteiger partial charge >= 0.3 is 0 Å². The lowest BCUT2D eigenvalue weighted by atomic mass is 10.2. The van der Waals surface area contributed by atoms with E-state index in [1.54, 1.807) is 22.9 Å². The van der Waals surface area contributed by atoms with Gasteiger partial charge in [-0.1, -0.05) is 18.5 Å². The van der Waals surface area contributed by atoms with Crippen LogP contribution in [0.3, 0.4) is 0 Å². The predicted octanol–water partition coefficient (Wildman–Crippen LogP) is 4.13. The molecule has 0 spiro atoms. The number of carbonyl (C=O) groups excluding carboxylic acids is 1. The molecule has 4 nitrogen and oxygen atoms in total. The van der Waals surface area contributed by atoms with Gasteiger partial charge in [0.15, 0.2) is 0 Å². The van der Waals surface area contributed by atoms with Gasteiger partial charge in [-0.15, -0.1) is 0 Å². The lowest BCUT2D eigenvalue weighted by molar-refractivity contribution is 0.101. The summed E-state index contributed by atoms with van der Waals surface area (Å²) in [5, 5.41) is 7.82. The fraction of sp³-hybridized carbons (Fsp3) is 0.286. The Morgan fingerprint density at radius 1 is 1.40 bits per heavy atom. The number of benzene rings is 1. The van der Waals surface area contributed by atoms with Gasteiger partial charge in [0.1, 0.15) is 5.69 Å². The molecule has 0 fully saturated rings. The van der Waals surface area contributed by atoms with Crippen LogP contribution in [0.5, 0.6) is 0 Å². The molecular weight excluding hydrogens is 342 g/mol. The van der Waals surface area contributed by atoms with Crippen molar-refractivity contribution in [2.75, 3.05) is 5.32 Å². The van der Waals surface area contributed by atoms with Crippen LogP contribution in [0.2, 0.25) is 5.02 Å². The summed E-state index contributed by atoms with van der Waals surface area (Å²) in [6.07, 6.45) is 0.805. The van der Waals surface area contributed by atoms with Gasteiger partial charge in [0, 0.05) is 16.7 Å². The van der Waals surface area contributed by atoms with Crippen molar-refractivity contribution in [1.82, 2.24) is 9.78 Å². The number of nitrogens with zero attached hydrogens (tertiary/aromatic N) is 2. The van der Waals surface area contributed by atoms with Gasteiger partial charge < -0.3 is 5.32 Å². The third-order valence-electron chi connectivity index (χ3n) is 2.90. The summed E-state index contributed by atoms with van der Waals surface area (Å²) in [4.78, 5) is 12.3. The summed E-state index contributed by atoms with van der Waals surface area (Å²) in [5.74, 6) is -0.173. The monoisotopic (exact) mass is 355 g/mol. The topological polar surface area (TPSA) is 46.9 Å². The minimum Gasteiger partial charge on any atom is -0.321 e. The lowest BCUT2D eigenvalue weighted by Crippen LogP contribution is -2.17. The van der Waals surface area contributed by atoms with E-state index in [0.29, 0.717) is 22.9 Å². The second-order valence-corrected chi connectivity index (χ2v) is 5.53. The largest absolute Gasteiger partial charge is 0.321 e. The molecule has 20 heavy (non-hydrogen) atoms. The third kappa shape index (κ3) is 3.22. The predicted molar refractivity (Wildman–Crippen MR) is 84.4 cm³/mol. The molecule has 6 heteroatoms. The van der Waals surface area contributed by atoms with Gasteiger partial charge in [0.2, 0.25) is 0 Å². The average molecular weight is 357 g/mol. The van der Waals surface area contributed by atoms with Crippen molar-refractivity contribution in [3.8, 4) is 0 Å². The minimum absolute atomic E-state index is 0.173. The van der Waals surface area contributed by atoms with Gasteiger partial charge in [-0.2, -0.15) is 5.10 Å². The van der Waals surface area contributed by atoms with Gasteiger partial charge in [-0.25, -0.2) is 0 Å². The molecule has 0 atom stereocenters. The van der Waals surface area contributed by atoms with Gasteiger partial charge in [-0.3, -0.25) is 9.48 Å². The van der Waals surface area contributed by atoms with Crippen LogP contribution in [0.4, 0.5) is 5.69 Å². The minimum atomic E-state index is -0.173. The van der Waals surface area contributed by atoms with Crippen molar-refractivity contribution in [3.05, 3.63) is 45.1 Å². The van der Waals surface area contributed by atoms with E-state index in [0.717, 1.165) is 16.6 Å². The zero-order valence-electron chi connectivity index (χ0n) is 11.3. The Bertz CT molecular complexity index is 639. The molecule has 0 aliphatic heterocycles. The van der Waals surface area contributed by atoms with Crippen LogP contribution < -0.4 is 5.32 Å². The molecule has 0 saturated heterocycles. The maximum atomic E-state index is 12.3. The molecule has 0 radical (unpaired) electrons. The maximum Gasteiger partial charge on any atom is 0.273 e. The summed E-state index contributed by atoms with van der Waals surface area (Å²) in [7, 11) is 0. The first kappa shape index (κ1) is 15.1. The van der Waals surface area contributed by atoms with Crippen LogP contribution in [-0.2, 0) is 13.0 Å². The summed E-state index contributed by atoms with van der Waals surface area (Å²) in [6, 6.07) is 7.09. The zero-order valence-corrected chi connectivity index (χ0v) is 13.6. The van der Waals surface area contributed by atoms with Crippen LogP contribution in [0.15, 0.2) is 28.7 Å². The Morgan fingerprint density at radius 2 is 2.15 bits per heavy atom. The number of aryl methyl sites for hydroxylation is 2. The smallest absolute Gasteiger partial charge is 0.273 e. The van der Waals surface area contributed by atoms with Gasteiger partial charge in [-0.05, 0) is 53.5 Å². The molecule has 0 bridgehead atoms. The quantitative estimate of drug-likeness (QED) is 0.895. The van der Waals surface area contributed by atoms with Gasteiger partial charge in [0.05, 0.1) is 10.7 Å². The molecule has 2 aromatic rings. The van der Waals surface area contributed by atoms with E-state index >= 15 is 0 Å². The summed E-state index contributed by atoms with van der Waals surface area (Å²) in [5.41, 5.74) is 2.16. The zero-order chi connectivity index (χ0) is 14.7. The van der Waals surface area contributed by atoms with E-state index in [2.05, 4.69) is 26.3 Å². The first-order chi connectivity index (χ1) is 9.55. The molecule has 0 aliphatic carbocycles. The van der Waals surface area contributed by atoms with Crippen LogP contribution in [-0.4, -0.2) is 15.7 Å². The van der Waals surface area contributed by atoms with Crippen molar-refractivity contribution in [3.63, 3.8) is 0 Å². The molecule has 0 aliphatic rings. The molecule has 1 N–H and O–H groups in total. The SMILES string of the molecule is CCc1cc(C(=O)Nc2ccc(Cl)c(Br)c2)n(CC)n1. The molecule has 1 aromatic heterocycles. The van der Waals surface area contributed by atoms with Crippen molar-refractivity contribution < 1.29 is 4.79 Å². The van der Waals surface area contributed by atoms with Crippen molar-refractivity contribution in [2.24, 2.45) is 0 Å². The molecule has 106 valence electrons. The number of hydrogen-bond donors (Lipinski definition) is 1. The number of halogens is 2. The van der Waals surface area contributed by atoms with E-state index in [1.807, 2.05) is 19.9 Å². The fourth-order valence-corrected chi connectivity index (χ4v) is 2.33. The van der Waals surface area contributed by atoms with E-state index in [9.17, 15) is 4.79 Å². The number of rotatable bonds is 4. The first-order valence-electron chi connectivity index (χ1n) is 6.38. The van der Waals surface area contributed by atoms with E-state index < -0.39 is 0 Å². The van der Waals surface area contributed by atoms with Crippen molar-refractivity contribution >= 4 is 39.1 Å². The van der Waals surface area contributed by atoms with E-state index in [1.165, 1.54) is 0 Å². The second-order valence-electron chi connectivity index (χ2n) is 4.27. The Hall–Kier alpha value is -1.33. The van der Waals surface area contributed by atoms with Crippen molar-refractivity contribution in [2.45, 2.75) is 26.8 Å². The molecule has 1 aromatic carbocycles. The summed E-state index contributed by atoms with van der Waals surface area (Å²) >= 11 is 9.27. The highest BCUT2D eigenvalue weighted by Gasteiger charge is 2.14. The number of aromatic nitrogens is 2. The highest BCUT2D eigenvalue weighted by Crippen LogP contribution is 2.25. The van der Waals surface area contributed by atoms with Crippen LogP contribution in [0, 0.1) is 0 Å². The number of anilines is 1. The average Bonchev–Trinajstić information content (AvgIpc) is 2.86. The van der Waals surface area contributed by atoms with Crippen LogP contribution in [0.25, 0.3) is 0 Å². The molecule has 2 rings (SSSR count). The third-order valence-corrected chi connectivity index (χ3v) is 4.12. The Kier molecular flexibility index (Phi) is 4.83. The number of amides is 1. The van der Waals surface area contributed by atoms with Gasteiger partial charge in [0.25, 0.3) is 5.91 Å². The summed E-state index contributed by atoms with van der Waals surface area (Å²) in [6.45, 7) is 4.63. The molecular formula is C14H15BrClN3O. The Morgan fingerprint density at radius 3 is 2.75 bits per heavy atom. The Labute approximate surface area is 131 Å². The van der Waals surface area contributed by atoms with Crippen LogP contribution in [0.1, 0.15) is 30.0 Å². The van der Waals surface area contributed by atoms with E-state index in [-0.39, 0.29) is 5.91 Å². The Balaban J connectivity index is 2.23. The number of hydrogen-bond acceptors (Lipinski definition) is 2. The number of carbonyl (C=O) groups is 1. The molecule has 1 heterocycles. The fourth-order valence-electron chi connectivity index (χ4n) is 1.84. The standard InChI is InChI=1S/C14H15BrClN3O/c1-3-9-8-13(19(4-2)18-9)14(20)17-10-5-6-12(16)11(15)7-10/h5-8H,3-4H2,1-2H3,(H,17,20). The van der Waals surface area contributed by atoms with E-state index in [4.69, 9.17) is 11.6 Å². The van der Waals surface area contributed by atoms with Crippen molar-refractivity contribution in [1.29, 1.82) is 0 Å². The normalized spacial score (nSPS) is 10.6. The maximum absolute atomic E-state index is 12.3. The number of nitrogens with one attached hydrogen (secondary N) is 1. The van der Waals surface area contributed by atoms with Crippen LogP contribution >= 0.6 is 27.5 Å². The highest BCUT2D eigenvalue weighted by molar-refractivity contribution is 9.10. The first-order valence-corrected chi connectivity index (χ1v) is 7.55. The lowest BCUT2D eigenvalue weighted by Gasteiger charge is -2.07. The summed E-state index contributed by atoms with van der Waals surface area (Å²) < 4.78 is 2.45. The second kappa shape index (κ2) is 6.41.